The molecule has 3 heteroatoms. The zero-order chi connectivity index (χ0) is 17.9. The Morgan fingerprint density at radius 3 is 2.33 bits per heavy atom. The number of aliphatic hydroxyl groups excluding tert-OH is 2. The van der Waals surface area contributed by atoms with Crippen LogP contribution in [0.5, 0.6) is 0 Å². The Kier molecular flexibility index (Phi) is 2.43. The zero-order valence-corrected chi connectivity index (χ0v) is 14.4. The molecular formula is C24H16O3. The van der Waals surface area contributed by atoms with E-state index in [1.165, 1.54) is 37.7 Å². The Balaban J connectivity index is 1.84. The predicted octanol–water partition coefficient (Wildman–Crippen LogP) is 4.59. The lowest BCUT2D eigenvalue weighted by Crippen LogP contribution is -2.29. The third kappa shape index (κ3) is 1.60. The van der Waals surface area contributed by atoms with Gasteiger partial charge in [-0.05, 0) is 60.3 Å². The van der Waals surface area contributed by atoms with Crippen LogP contribution in [0.25, 0.3) is 43.1 Å². The largest absolute Gasteiger partial charge is 0.387 e. The van der Waals surface area contributed by atoms with Crippen molar-refractivity contribution < 1.29 is 14.9 Å². The molecule has 5 aromatic rings. The Morgan fingerprint density at radius 1 is 0.704 bits per heavy atom. The van der Waals surface area contributed by atoms with Crippen molar-refractivity contribution >= 4 is 43.1 Å². The molecule has 7 rings (SSSR count). The molecule has 0 unspecified atom stereocenters. The minimum Gasteiger partial charge on any atom is -0.387 e. The summed E-state index contributed by atoms with van der Waals surface area (Å²) in [7, 11) is 0. The van der Waals surface area contributed by atoms with Gasteiger partial charge in [-0.25, -0.2) is 0 Å². The Labute approximate surface area is 154 Å². The van der Waals surface area contributed by atoms with Crippen molar-refractivity contribution in [3.63, 3.8) is 0 Å². The molecule has 0 amide bonds. The molecule has 0 saturated carbocycles. The van der Waals surface area contributed by atoms with Crippen LogP contribution in [0.4, 0.5) is 0 Å². The molecule has 1 heterocycles. The van der Waals surface area contributed by atoms with Crippen molar-refractivity contribution in [2.45, 2.75) is 24.4 Å². The molecule has 1 aliphatic carbocycles. The highest BCUT2D eigenvalue weighted by Crippen LogP contribution is 2.55. The van der Waals surface area contributed by atoms with E-state index in [1.807, 2.05) is 6.07 Å². The Hall–Kier alpha value is -2.72. The molecule has 5 aromatic carbocycles. The monoisotopic (exact) mass is 352 g/mol. The van der Waals surface area contributed by atoms with Gasteiger partial charge in [0.05, 0.1) is 0 Å². The van der Waals surface area contributed by atoms with E-state index in [0.717, 1.165) is 16.5 Å². The lowest BCUT2D eigenvalue weighted by atomic mass is 9.79. The van der Waals surface area contributed by atoms with Gasteiger partial charge in [-0.3, -0.25) is 0 Å². The highest BCUT2D eigenvalue weighted by Gasteiger charge is 2.54. The lowest BCUT2D eigenvalue weighted by Gasteiger charge is -2.26. The number of rotatable bonds is 0. The van der Waals surface area contributed by atoms with Gasteiger partial charge in [-0.2, -0.15) is 0 Å². The number of ether oxygens (including phenoxy) is 1. The fourth-order valence-corrected chi connectivity index (χ4v) is 5.28. The SMILES string of the molecule is O[C@@H]1[C@@H]2O[C@@H]2c2c(cc3ccc4cccc5c6ccccc6c2c3c45)[C@H]1O. The first kappa shape index (κ1) is 14.4. The Morgan fingerprint density at radius 2 is 1.44 bits per heavy atom. The molecule has 4 atom stereocenters. The lowest BCUT2D eigenvalue weighted by molar-refractivity contribution is 0.000167. The number of hydrogen-bond acceptors (Lipinski definition) is 3. The Bertz CT molecular complexity index is 1400. The van der Waals surface area contributed by atoms with Gasteiger partial charge in [0.1, 0.15) is 24.4 Å². The summed E-state index contributed by atoms with van der Waals surface area (Å²) in [6.45, 7) is 0. The van der Waals surface area contributed by atoms with E-state index in [2.05, 4.69) is 54.6 Å². The van der Waals surface area contributed by atoms with Crippen LogP contribution < -0.4 is 0 Å². The second-order valence-corrected chi connectivity index (χ2v) is 7.82. The van der Waals surface area contributed by atoms with Crippen LogP contribution in [0.15, 0.2) is 60.7 Å². The second-order valence-electron chi connectivity index (χ2n) is 7.82. The molecule has 0 spiro atoms. The molecule has 3 nitrogen and oxygen atoms in total. The maximum absolute atomic E-state index is 10.8. The molecule has 0 radical (unpaired) electrons. The summed E-state index contributed by atoms with van der Waals surface area (Å²) < 4.78 is 5.82. The van der Waals surface area contributed by atoms with Crippen molar-refractivity contribution in [2.75, 3.05) is 0 Å². The summed E-state index contributed by atoms with van der Waals surface area (Å²) >= 11 is 0. The summed E-state index contributed by atoms with van der Waals surface area (Å²) in [6, 6.07) is 21.3. The molecule has 1 fully saturated rings. The van der Waals surface area contributed by atoms with Gasteiger partial charge in [0, 0.05) is 0 Å². The quantitative estimate of drug-likeness (QED) is 0.244. The van der Waals surface area contributed by atoms with E-state index < -0.39 is 12.2 Å². The van der Waals surface area contributed by atoms with Gasteiger partial charge in [-0.1, -0.05) is 54.6 Å². The zero-order valence-electron chi connectivity index (χ0n) is 14.4. The van der Waals surface area contributed by atoms with Gasteiger partial charge in [0.2, 0.25) is 0 Å². The van der Waals surface area contributed by atoms with Gasteiger partial charge in [0.15, 0.2) is 0 Å². The fourth-order valence-electron chi connectivity index (χ4n) is 5.28. The summed E-state index contributed by atoms with van der Waals surface area (Å²) in [4.78, 5) is 0. The third-order valence-electron chi connectivity index (χ3n) is 6.49. The van der Waals surface area contributed by atoms with E-state index in [0.29, 0.717) is 0 Å². The van der Waals surface area contributed by atoms with Crippen molar-refractivity contribution in [3.8, 4) is 0 Å². The van der Waals surface area contributed by atoms with Crippen LogP contribution >= 0.6 is 0 Å². The summed E-state index contributed by atoms with van der Waals surface area (Å²) in [6.07, 6.45) is -2.21. The smallest absolute Gasteiger partial charge is 0.118 e. The normalized spacial score (nSPS) is 26.7. The molecule has 1 saturated heterocycles. The van der Waals surface area contributed by atoms with Gasteiger partial charge in [-0.15, -0.1) is 0 Å². The second kappa shape index (κ2) is 4.57. The average molecular weight is 352 g/mol. The van der Waals surface area contributed by atoms with E-state index in [1.54, 1.807) is 0 Å². The van der Waals surface area contributed by atoms with E-state index in [9.17, 15) is 10.2 Å². The van der Waals surface area contributed by atoms with E-state index >= 15 is 0 Å². The molecule has 2 N–H and O–H groups in total. The maximum atomic E-state index is 10.8. The number of epoxide rings is 1. The van der Waals surface area contributed by atoms with Gasteiger partial charge in [0.25, 0.3) is 0 Å². The predicted molar refractivity (Wildman–Crippen MR) is 106 cm³/mol. The first-order valence-corrected chi connectivity index (χ1v) is 9.37. The van der Waals surface area contributed by atoms with Gasteiger partial charge < -0.3 is 14.9 Å². The number of benzene rings is 5. The molecule has 130 valence electrons. The highest BCUT2D eigenvalue weighted by molar-refractivity contribution is 6.34. The fraction of sp³-hybridized carbons (Fsp3) is 0.167. The number of fused-ring (bicyclic) bond motifs is 7. The van der Waals surface area contributed by atoms with Crippen LogP contribution in [0.1, 0.15) is 23.3 Å². The van der Waals surface area contributed by atoms with Crippen LogP contribution in [-0.2, 0) is 4.74 Å². The van der Waals surface area contributed by atoms with Crippen molar-refractivity contribution in [3.05, 3.63) is 71.8 Å². The van der Waals surface area contributed by atoms with Crippen LogP contribution in [0.3, 0.4) is 0 Å². The highest BCUT2D eigenvalue weighted by atomic mass is 16.6. The maximum Gasteiger partial charge on any atom is 0.118 e. The molecule has 0 bridgehead atoms. The topological polar surface area (TPSA) is 53.0 Å². The molecule has 1 aliphatic heterocycles. The number of hydrogen-bond donors (Lipinski definition) is 2. The average Bonchev–Trinajstić information content (AvgIpc) is 3.51. The van der Waals surface area contributed by atoms with Crippen molar-refractivity contribution in [1.82, 2.24) is 0 Å². The molecular weight excluding hydrogens is 336 g/mol. The van der Waals surface area contributed by atoms with E-state index in [-0.39, 0.29) is 12.2 Å². The van der Waals surface area contributed by atoms with Gasteiger partial charge >= 0.3 is 0 Å². The van der Waals surface area contributed by atoms with Crippen LogP contribution in [0.2, 0.25) is 0 Å². The van der Waals surface area contributed by atoms with Crippen molar-refractivity contribution in [1.29, 1.82) is 0 Å². The van der Waals surface area contributed by atoms with Crippen molar-refractivity contribution in [2.24, 2.45) is 0 Å². The first-order valence-electron chi connectivity index (χ1n) is 9.37. The summed E-state index contributed by atoms with van der Waals surface area (Å²) in [5, 5.41) is 30.8. The number of aliphatic hydroxyl groups is 2. The standard InChI is InChI=1S/C24H16O3/c25-21-16-10-12-9-8-11-4-3-7-14-13-5-1-2-6-15(13)19(18(12)17(11)14)20(16)23-24(27-23)22(21)26/h1-10,21-26H/t21-,22+,23-,24+/m1/s1. The van der Waals surface area contributed by atoms with E-state index in [4.69, 9.17) is 4.74 Å². The summed E-state index contributed by atoms with van der Waals surface area (Å²) in [5.41, 5.74) is 1.86. The minimum absolute atomic E-state index is 0.133. The van der Waals surface area contributed by atoms with Crippen LogP contribution in [0, 0.1) is 0 Å². The third-order valence-corrected chi connectivity index (χ3v) is 6.49. The summed E-state index contributed by atoms with van der Waals surface area (Å²) in [5.74, 6) is 0. The minimum atomic E-state index is -0.913. The first-order chi connectivity index (χ1) is 13.2. The van der Waals surface area contributed by atoms with Crippen LogP contribution in [-0.4, -0.2) is 22.4 Å². The molecule has 27 heavy (non-hydrogen) atoms. The molecule has 0 aromatic heterocycles. The molecule has 2 aliphatic rings.